The zero-order valence-electron chi connectivity index (χ0n) is 61.7. The smallest absolute Gasteiger partial charge is 0.306 e. The third-order valence-corrected chi connectivity index (χ3v) is 16.3. The first-order chi connectivity index (χ1) is 46.6. The second-order valence-corrected chi connectivity index (χ2v) is 26.5. The van der Waals surface area contributed by atoms with E-state index in [4.69, 9.17) is 18.9 Å². The molecule has 0 N–H and O–H groups in total. The molecule has 0 aromatic carbocycles. The molecule has 2 atom stereocenters. The van der Waals surface area contributed by atoms with Crippen molar-refractivity contribution in [2.45, 2.75) is 322 Å². The molecular formula is C86H143NO8. The van der Waals surface area contributed by atoms with Gasteiger partial charge in [-0.05, 0) is 122 Å². The number of nitrogens with zero attached hydrogens (tertiary/aromatic N) is 1. The van der Waals surface area contributed by atoms with Gasteiger partial charge in [0.05, 0.1) is 40.3 Å². The van der Waals surface area contributed by atoms with Gasteiger partial charge in [0.25, 0.3) is 0 Å². The fraction of sp³-hybridized carbons (Fsp3) is 0.663. The van der Waals surface area contributed by atoms with Crippen LogP contribution >= 0.6 is 0 Å². The van der Waals surface area contributed by atoms with E-state index in [9.17, 15) is 19.5 Å². The van der Waals surface area contributed by atoms with Crippen LogP contribution in [0, 0.1) is 0 Å². The molecule has 0 aliphatic rings. The number of aliphatic carboxylic acids is 1. The number of quaternary nitrogens is 1. The maximum atomic E-state index is 13.0. The SMILES string of the molecule is CC/C=C\C/C=C\C/C=C\C/C=C\C/C=C\C/C=C\C/C=C\C/C=C\C/C=C\CCCCCCCCCCCC(=O)OC(COC(=O)CCCCCCCCCCCCCCCCCCCCCC/C=C\C/C=C\C/C=C\C/C=C\CC)COC(OCC[N+](C)(C)C)C(=O)[O-]. The van der Waals surface area contributed by atoms with E-state index in [0.717, 1.165) is 128 Å². The van der Waals surface area contributed by atoms with E-state index in [1.807, 2.05) is 21.1 Å². The first-order valence-electron chi connectivity index (χ1n) is 38.6. The molecule has 0 amide bonds. The van der Waals surface area contributed by atoms with Crippen LogP contribution in [0.5, 0.6) is 0 Å². The second kappa shape index (κ2) is 74.7. The fourth-order valence-electron chi connectivity index (χ4n) is 10.5. The number of unbranched alkanes of at least 4 members (excludes halogenated alkanes) is 29. The zero-order valence-corrected chi connectivity index (χ0v) is 61.7. The number of carboxylic acid groups (broad SMARTS) is 1. The van der Waals surface area contributed by atoms with Crippen molar-refractivity contribution in [3.63, 3.8) is 0 Å². The van der Waals surface area contributed by atoms with Crippen molar-refractivity contribution >= 4 is 17.9 Å². The second-order valence-electron chi connectivity index (χ2n) is 26.5. The topological polar surface area (TPSA) is 111 Å². The molecule has 0 fully saturated rings. The number of hydrogen-bond acceptors (Lipinski definition) is 8. The summed E-state index contributed by atoms with van der Waals surface area (Å²) in [6, 6.07) is 0. The van der Waals surface area contributed by atoms with Gasteiger partial charge in [0.2, 0.25) is 0 Å². The largest absolute Gasteiger partial charge is 0.545 e. The standard InChI is InChI=1S/C86H143NO8/c1-6-8-10-12-14-16-18-20-22-24-26-28-30-32-34-36-38-40-41-42-43-45-47-49-51-53-55-57-59-61-63-65-67-69-71-73-75-77-84(89)95-82(81-94-86(85(90)91)92-79-78-87(3,4)5)80-93-83(88)76-74-72-70-68-66-64-62-60-58-56-54-52-50-48-46-44-39-37-35-33-31-29-27-25-23-21-19-17-15-13-11-9-7-2/h8-11,14-17,20-23,26-29,32,34,38,40,42-43,47,49,53,55,82,86H,6-7,12-13,18-19,24-25,30-31,33,35-37,39,41,44-46,48,50-52,54,56-81H2,1-5H3/b10-8-,11-9-,16-14-,17-15-,22-20-,23-21-,28-26-,29-27-,34-32-,40-38-,43-42-,49-47-,55-53-. The van der Waals surface area contributed by atoms with Gasteiger partial charge < -0.3 is 33.3 Å². The Labute approximate surface area is 584 Å². The third-order valence-electron chi connectivity index (χ3n) is 16.3. The Morgan fingerprint density at radius 2 is 0.568 bits per heavy atom. The monoisotopic (exact) mass is 1320 g/mol. The lowest BCUT2D eigenvalue weighted by Gasteiger charge is -2.26. The minimum absolute atomic E-state index is 0.141. The molecule has 9 heteroatoms. The molecule has 0 spiro atoms. The number of carboxylic acids is 1. The van der Waals surface area contributed by atoms with Gasteiger partial charge in [-0.15, -0.1) is 0 Å². The molecule has 0 radical (unpaired) electrons. The molecule has 0 bridgehead atoms. The van der Waals surface area contributed by atoms with Crippen LogP contribution in [0.3, 0.4) is 0 Å². The number of esters is 2. The number of carbonyl (C=O) groups excluding carboxylic acids is 3. The van der Waals surface area contributed by atoms with Crippen molar-refractivity contribution in [2.75, 3.05) is 47.5 Å². The maximum absolute atomic E-state index is 13.0. The number of hydrogen-bond donors (Lipinski definition) is 0. The van der Waals surface area contributed by atoms with Crippen molar-refractivity contribution in [1.29, 1.82) is 0 Å². The summed E-state index contributed by atoms with van der Waals surface area (Å²) in [4.78, 5) is 37.6. The summed E-state index contributed by atoms with van der Waals surface area (Å²) in [5.74, 6) is -2.29. The number of carbonyl (C=O) groups is 3. The van der Waals surface area contributed by atoms with Crippen LogP contribution in [-0.2, 0) is 33.3 Å². The van der Waals surface area contributed by atoms with Crippen LogP contribution in [0.4, 0.5) is 0 Å². The van der Waals surface area contributed by atoms with Crippen molar-refractivity contribution in [1.82, 2.24) is 0 Å². The Bertz CT molecular complexity index is 2130. The van der Waals surface area contributed by atoms with Crippen molar-refractivity contribution < 1.29 is 42.9 Å². The molecule has 540 valence electrons. The Morgan fingerprint density at radius 3 is 0.842 bits per heavy atom. The molecule has 0 rings (SSSR count). The summed E-state index contributed by atoms with van der Waals surface area (Å²) in [6.45, 7) is 4.53. The number of allylic oxidation sites excluding steroid dienone is 26. The van der Waals surface area contributed by atoms with Crippen LogP contribution in [0.25, 0.3) is 0 Å². The Balaban J connectivity index is 4.11. The lowest BCUT2D eigenvalue weighted by molar-refractivity contribution is -0.870. The van der Waals surface area contributed by atoms with E-state index >= 15 is 0 Å². The lowest BCUT2D eigenvalue weighted by atomic mass is 10.0. The highest BCUT2D eigenvalue weighted by atomic mass is 16.7. The van der Waals surface area contributed by atoms with E-state index in [1.165, 1.54) is 148 Å². The Hall–Kier alpha value is -5.09. The zero-order chi connectivity index (χ0) is 69.0. The summed E-state index contributed by atoms with van der Waals surface area (Å²) < 4.78 is 22.8. The molecule has 0 aromatic rings. The minimum atomic E-state index is -1.63. The van der Waals surface area contributed by atoms with Gasteiger partial charge in [0, 0.05) is 12.8 Å². The molecule has 0 saturated carbocycles. The van der Waals surface area contributed by atoms with Crippen molar-refractivity contribution in [2.24, 2.45) is 0 Å². The summed E-state index contributed by atoms with van der Waals surface area (Å²) in [7, 11) is 5.93. The molecular weight excluding hydrogens is 1170 g/mol. The Kier molecular flexibility index (Phi) is 70.7. The van der Waals surface area contributed by atoms with Crippen LogP contribution in [0.1, 0.15) is 309 Å². The minimum Gasteiger partial charge on any atom is -0.545 e. The van der Waals surface area contributed by atoms with Crippen LogP contribution < -0.4 is 5.11 Å². The molecule has 2 unspecified atom stereocenters. The van der Waals surface area contributed by atoms with E-state index < -0.39 is 24.3 Å². The first-order valence-corrected chi connectivity index (χ1v) is 38.6. The molecule has 95 heavy (non-hydrogen) atoms. The first kappa shape index (κ1) is 89.9. The lowest BCUT2D eigenvalue weighted by Crippen LogP contribution is -2.44. The van der Waals surface area contributed by atoms with Crippen LogP contribution in [-0.4, -0.2) is 82.3 Å². The fourth-order valence-corrected chi connectivity index (χ4v) is 10.5. The van der Waals surface area contributed by atoms with Gasteiger partial charge in [-0.3, -0.25) is 9.59 Å². The normalized spacial score (nSPS) is 13.6. The number of likely N-dealkylation sites (N-methyl/N-ethyl adjacent to an activating group) is 1. The molecule has 0 aliphatic carbocycles. The third kappa shape index (κ3) is 76.1. The quantitative estimate of drug-likeness (QED) is 0.0195. The predicted octanol–water partition coefficient (Wildman–Crippen LogP) is 23.5. The van der Waals surface area contributed by atoms with Gasteiger partial charge in [0.15, 0.2) is 12.4 Å². The van der Waals surface area contributed by atoms with Crippen molar-refractivity contribution in [3.8, 4) is 0 Å². The van der Waals surface area contributed by atoms with Gasteiger partial charge in [-0.1, -0.05) is 332 Å². The summed E-state index contributed by atoms with van der Waals surface area (Å²) >= 11 is 0. The van der Waals surface area contributed by atoms with Gasteiger partial charge in [-0.2, -0.15) is 0 Å². The highest BCUT2D eigenvalue weighted by molar-refractivity contribution is 5.70. The average molecular weight is 1320 g/mol. The summed E-state index contributed by atoms with van der Waals surface area (Å²) in [5.41, 5.74) is 0. The highest BCUT2D eigenvalue weighted by Crippen LogP contribution is 2.18. The number of rotatable bonds is 70. The maximum Gasteiger partial charge on any atom is 0.306 e. The van der Waals surface area contributed by atoms with Crippen molar-refractivity contribution in [3.05, 3.63) is 158 Å². The predicted molar refractivity (Wildman–Crippen MR) is 407 cm³/mol. The van der Waals surface area contributed by atoms with E-state index in [2.05, 4.69) is 172 Å². The van der Waals surface area contributed by atoms with Crippen LogP contribution in [0.15, 0.2) is 158 Å². The highest BCUT2D eigenvalue weighted by Gasteiger charge is 2.22. The van der Waals surface area contributed by atoms with E-state index in [-0.39, 0.29) is 38.6 Å². The van der Waals surface area contributed by atoms with E-state index in [1.54, 1.807) is 0 Å². The van der Waals surface area contributed by atoms with Gasteiger partial charge >= 0.3 is 11.9 Å². The van der Waals surface area contributed by atoms with E-state index in [0.29, 0.717) is 17.4 Å². The molecule has 0 aromatic heterocycles. The molecule has 9 nitrogen and oxygen atoms in total. The summed E-state index contributed by atoms with van der Waals surface area (Å²) in [6.07, 6.45) is 108. The van der Waals surface area contributed by atoms with Crippen LogP contribution in [0.2, 0.25) is 0 Å². The Morgan fingerprint density at radius 1 is 0.316 bits per heavy atom. The molecule has 0 aliphatic heterocycles. The molecule has 0 heterocycles. The van der Waals surface area contributed by atoms with Gasteiger partial charge in [0.1, 0.15) is 13.2 Å². The summed E-state index contributed by atoms with van der Waals surface area (Å²) in [5, 5.41) is 11.9. The van der Waals surface area contributed by atoms with Gasteiger partial charge in [-0.25, -0.2) is 0 Å². The molecule has 0 saturated heterocycles. The number of ether oxygens (including phenoxy) is 4. The average Bonchev–Trinajstić information content (AvgIpc) is 3.75.